The van der Waals surface area contributed by atoms with Crippen molar-refractivity contribution in [1.29, 1.82) is 0 Å². The summed E-state index contributed by atoms with van der Waals surface area (Å²) < 4.78 is 2.27. The maximum atomic E-state index is 12.3. The van der Waals surface area contributed by atoms with Crippen LogP contribution in [0.15, 0.2) is 77.3 Å². The summed E-state index contributed by atoms with van der Waals surface area (Å²) in [7, 11) is 0. The third-order valence-electron chi connectivity index (χ3n) is 4.01. The molecule has 2 aromatic carbocycles. The molecule has 0 spiro atoms. The van der Waals surface area contributed by atoms with Crippen LogP contribution in [0.5, 0.6) is 0 Å². The number of hydrogen-bond donors (Lipinski definition) is 1. The van der Waals surface area contributed by atoms with Gasteiger partial charge in [-0.1, -0.05) is 42.1 Å². The van der Waals surface area contributed by atoms with Crippen LogP contribution < -0.4 is 5.32 Å². The molecule has 4 rings (SSSR count). The molecule has 2 heterocycles. The number of hydrogen-bond acceptors (Lipinski definition) is 5. The molecule has 0 atom stereocenters. The Hall–Kier alpha value is -2.70. The van der Waals surface area contributed by atoms with Crippen LogP contribution in [0.1, 0.15) is 21.6 Å². The first kappa shape index (κ1) is 17.7. The van der Waals surface area contributed by atoms with E-state index in [4.69, 9.17) is 0 Å². The lowest BCUT2D eigenvalue weighted by atomic mass is 10.1. The zero-order valence-electron chi connectivity index (χ0n) is 14.5. The van der Waals surface area contributed by atoms with Crippen LogP contribution in [0.25, 0.3) is 10.2 Å². The smallest absolute Gasteiger partial charge is 0.251 e. The lowest BCUT2D eigenvalue weighted by Crippen LogP contribution is -2.23. The number of benzene rings is 2. The van der Waals surface area contributed by atoms with Gasteiger partial charge in [-0.2, -0.15) is 0 Å². The Balaban J connectivity index is 1.33. The maximum absolute atomic E-state index is 12.3. The topological polar surface area (TPSA) is 54.9 Å². The molecule has 0 saturated carbocycles. The normalized spacial score (nSPS) is 10.8. The van der Waals surface area contributed by atoms with E-state index in [0.29, 0.717) is 12.1 Å². The quantitative estimate of drug-likeness (QED) is 0.474. The van der Waals surface area contributed by atoms with E-state index in [2.05, 4.69) is 21.4 Å². The highest BCUT2D eigenvalue weighted by Gasteiger charge is 2.07. The molecule has 0 radical (unpaired) electrons. The number of para-hydroxylation sites is 1. The van der Waals surface area contributed by atoms with Gasteiger partial charge in [0, 0.05) is 17.5 Å². The van der Waals surface area contributed by atoms with E-state index in [9.17, 15) is 4.79 Å². The molecule has 2 aromatic heterocycles. The van der Waals surface area contributed by atoms with Gasteiger partial charge in [-0.25, -0.2) is 4.98 Å². The number of thiazole rings is 1. The number of carbonyl (C=O) groups is 1. The fourth-order valence-electron chi connectivity index (χ4n) is 2.59. The van der Waals surface area contributed by atoms with Gasteiger partial charge in [0.1, 0.15) is 0 Å². The molecule has 0 saturated heterocycles. The third kappa shape index (κ3) is 4.53. The van der Waals surface area contributed by atoms with Gasteiger partial charge >= 0.3 is 0 Å². The molecule has 4 nitrogen and oxygen atoms in total. The Bertz CT molecular complexity index is 1010. The zero-order chi connectivity index (χ0) is 18.5. The fraction of sp³-hybridized carbons (Fsp3) is 0.0952. The third-order valence-corrected chi connectivity index (χ3v) is 6.26. The number of aromatic nitrogens is 2. The first-order valence-electron chi connectivity index (χ1n) is 8.53. The predicted octanol–water partition coefficient (Wildman–Crippen LogP) is 4.91. The van der Waals surface area contributed by atoms with Gasteiger partial charge in [-0.05, 0) is 42.0 Å². The molecule has 0 bridgehead atoms. The van der Waals surface area contributed by atoms with Crippen molar-refractivity contribution >= 4 is 39.2 Å². The highest BCUT2D eigenvalue weighted by molar-refractivity contribution is 8.00. The summed E-state index contributed by atoms with van der Waals surface area (Å²) in [5.74, 6) is 0.737. The fourth-order valence-corrected chi connectivity index (χ4v) is 4.61. The Kier molecular flexibility index (Phi) is 5.46. The lowest BCUT2D eigenvalue weighted by Gasteiger charge is -2.06. The van der Waals surface area contributed by atoms with Crippen LogP contribution in [-0.4, -0.2) is 15.9 Å². The molecule has 0 unspecified atom stereocenters. The molecule has 4 aromatic rings. The average Bonchev–Trinajstić information content (AvgIpc) is 3.15. The van der Waals surface area contributed by atoms with Gasteiger partial charge < -0.3 is 5.32 Å². The predicted molar refractivity (Wildman–Crippen MR) is 111 cm³/mol. The second kappa shape index (κ2) is 8.33. The number of nitrogens with zero attached hydrogens (tertiary/aromatic N) is 2. The number of carbonyl (C=O) groups excluding carboxylic acids is 1. The van der Waals surface area contributed by atoms with E-state index in [1.807, 2.05) is 60.7 Å². The number of thioether (sulfide) groups is 1. The van der Waals surface area contributed by atoms with Crippen molar-refractivity contribution in [1.82, 2.24) is 15.3 Å². The van der Waals surface area contributed by atoms with Crippen LogP contribution in [0, 0.1) is 0 Å². The summed E-state index contributed by atoms with van der Waals surface area (Å²) in [6.45, 7) is 0.425. The van der Waals surface area contributed by atoms with Crippen LogP contribution >= 0.6 is 23.1 Å². The number of amides is 1. The van der Waals surface area contributed by atoms with E-state index >= 15 is 0 Å². The van der Waals surface area contributed by atoms with Crippen LogP contribution in [-0.2, 0) is 12.3 Å². The number of fused-ring (bicyclic) bond motifs is 1. The molecule has 1 N–H and O–H groups in total. The molecule has 0 aliphatic carbocycles. The van der Waals surface area contributed by atoms with Crippen molar-refractivity contribution < 1.29 is 4.79 Å². The summed E-state index contributed by atoms with van der Waals surface area (Å²) in [6.07, 6.45) is 1.72. The second-order valence-electron chi connectivity index (χ2n) is 5.94. The van der Waals surface area contributed by atoms with Gasteiger partial charge in [0.25, 0.3) is 5.91 Å². The first-order valence-corrected chi connectivity index (χ1v) is 10.3. The largest absolute Gasteiger partial charge is 0.346 e. The van der Waals surface area contributed by atoms with E-state index < -0.39 is 0 Å². The van der Waals surface area contributed by atoms with Crippen molar-refractivity contribution in [2.75, 3.05) is 0 Å². The minimum atomic E-state index is -0.0916. The van der Waals surface area contributed by atoms with Crippen LogP contribution in [0.4, 0.5) is 0 Å². The van der Waals surface area contributed by atoms with Crippen molar-refractivity contribution in [3.8, 4) is 0 Å². The van der Waals surface area contributed by atoms with Gasteiger partial charge in [-0.15, -0.1) is 11.3 Å². The van der Waals surface area contributed by atoms with E-state index in [1.165, 1.54) is 10.3 Å². The van der Waals surface area contributed by atoms with Crippen molar-refractivity contribution in [3.05, 3.63) is 89.7 Å². The number of pyridine rings is 1. The summed E-state index contributed by atoms with van der Waals surface area (Å²) in [5, 5.41) is 2.89. The van der Waals surface area contributed by atoms with E-state index in [1.54, 1.807) is 29.3 Å². The van der Waals surface area contributed by atoms with Crippen molar-refractivity contribution in [2.24, 2.45) is 0 Å². The minimum Gasteiger partial charge on any atom is -0.346 e. The van der Waals surface area contributed by atoms with E-state index in [0.717, 1.165) is 21.3 Å². The monoisotopic (exact) mass is 391 g/mol. The Labute approximate surface area is 165 Å². The molecule has 134 valence electrons. The molecule has 6 heteroatoms. The highest BCUT2D eigenvalue weighted by Crippen LogP contribution is 2.31. The average molecular weight is 392 g/mol. The van der Waals surface area contributed by atoms with Gasteiger partial charge in [0.2, 0.25) is 0 Å². The van der Waals surface area contributed by atoms with Crippen LogP contribution in [0.2, 0.25) is 0 Å². The van der Waals surface area contributed by atoms with E-state index in [-0.39, 0.29) is 5.91 Å². The molecule has 27 heavy (non-hydrogen) atoms. The molecule has 1 amide bonds. The van der Waals surface area contributed by atoms with Gasteiger partial charge in [0.15, 0.2) is 4.34 Å². The SMILES string of the molecule is O=C(NCc1ccccn1)c1ccc(CSc2nc3ccccc3s2)cc1. The first-order chi connectivity index (χ1) is 13.3. The Morgan fingerprint density at radius 2 is 1.81 bits per heavy atom. The van der Waals surface area contributed by atoms with Crippen molar-refractivity contribution in [2.45, 2.75) is 16.6 Å². The Morgan fingerprint density at radius 1 is 1.00 bits per heavy atom. The number of nitrogens with one attached hydrogen (secondary N) is 1. The maximum Gasteiger partial charge on any atom is 0.251 e. The lowest BCUT2D eigenvalue weighted by molar-refractivity contribution is 0.0950. The highest BCUT2D eigenvalue weighted by atomic mass is 32.2. The minimum absolute atomic E-state index is 0.0916. The standard InChI is InChI=1S/C21H17N3OS2/c25-20(23-13-17-5-3-4-12-22-17)16-10-8-15(9-11-16)14-26-21-24-18-6-1-2-7-19(18)27-21/h1-12H,13-14H2,(H,23,25). The summed E-state index contributed by atoms with van der Waals surface area (Å²) in [5.41, 5.74) is 3.71. The molecule has 0 aliphatic heterocycles. The zero-order valence-corrected chi connectivity index (χ0v) is 16.1. The summed E-state index contributed by atoms with van der Waals surface area (Å²) >= 11 is 3.43. The van der Waals surface area contributed by atoms with Crippen molar-refractivity contribution in [3.63, 3.8) is 0 Å². The second-order valence-corrected chi connectivity index (χ2v) is 8.19. The molecule has 0 fully saturated rings. The molecule has 0 aliphatic rings. The number of rotatable bonds is 6. The van der Waals surface area contributed by atoms with Gasteiger partial charge in [-0.3, -0.25) is 9.78 Å². The molecular formula is C21H17N3OS2. The summed E-state index contributed by atoms with van der Waals surface area (Å²) in [4.78, 5) is 21.1. The molecular weight excluding hydrogens is 374 g/mol. The van der Waals surface area contributed by atoms with Crippen LogP contribution in [0.3, 0.4) is 0 Å². The van der Waals surface area contributed by atoms with Gasteiger partial charge in [0.05, 0.1) is 22.5 Å². The Morgan fingerprint density at radius 3 is 2.59 bits per heavy atom. The summed E-state index contributed by atoms with van der Waals surface area (Å²) in [6, 6.07) is 21.5.